The second kappa shape index (κ2) is 10.2. The maximum atomic E-state index is 4.57. The average Bonchev–Trinajstić information content (AvgIpc) is 3.62. The van der Waals surface area contributed by atoms with Gasteiger partial charge < -0.3 is 15.2 Å². The van der Waals surface area contributed by atoms with E-state index in [4.69, 9.17) is 0 Å². The van der Waals surface area contributed by atoms with E-state index in [2.05, 4.69) is 85.8 Å². The molecule has 1 aliphatic rings. The molecule has 37 heavy (non-hydrogen) atoms. The maximum absolute atomic E-state index is 4.57. The molecule has 0 aromatic carbocycles. The minimum Gasteiger partial charge on any atom is -0.357 e. The molecule has 0 spiro atoms. The van der Waals surface area contributed by atoms with E-state index in [0.717, 1.165) is 73.9 Å². The number of allylic oxidation sites excluding steroid dienone is 6. The number of H-pyrrole nitrogens is 2. The second-order valence-corrected chi connectivity index (χ2v) is 9.54. The van der Waals surface area contributed by atoms with Crippen LogP contribution in [0.25, 0.3) is 46.1 Å². The van der Waals surface area contributed by atoms with Crippen molar-refractivity contribution in [2.24, 2.45) is 0 Å². The van der Waals surface area contributed by atoms with Crippen LogP contribution >= 0.6 is 0 Å². The Morgan fingerprint density at radius 3 is 2.78 bits per heavy atom. The molecule has 186 valence electrons. The number of nitrogens with zero attached hydrogens (tertiary/aromatic N) is 4. The highest BCUT2D eigenvalue weighted by atomic mass is 15.1. The third-order valence-electron chi connectivity index (χ3n) is 6.30. The fourth-order valence-electron chi connectivity index (χ4n) is 4.46. The monoisotopic (exact) mass is 489 g/mol. The number of rotatable bonds is 8. The summed E-state index contributed by atoms with van der Waals surface area (Å²) in [6, 6.07) is 4.20. The zero-order valence-electron chi connectivity index (χ0n) is 21.5. The Labute approximate surface area is 216 Å². The molecule has 3 N–H and O–H groups in total. The summed E-state index contributed by atoms with van der Waals surface area (Å²) in [5, 5.41) is 13.8. The summed E-state index contributed by atoms with van der Waals surface area (Å²) >= 11 is 0. The van der Waals surface area contributed by atoms with Gasteiger partial charge in [0, 0.05) is 40.8 Å². The molecule has 7 heteroatoms. The molecule has 7 nitrogen and oxygen atoms in total. The third kappa shape index (κ3) is 5.22. The van der Waals surface area contributed by atoms with Crippen molar-refractivity contribution in [2.45, 2.75) is 13.3 Å². The number of likely N-dealkylation sites (N-methyl/N-ethyl adjacent to an activating group) is 1. The first-order chi connectivity index (χ1) is 17.9. The molecular weight excluding hydrogens is 458 g/mol. The normalized spacial score (nSPS) is 14.1. The van der Waals surface area contributed by atoms with Crippen LogP contribution in [0.1, 0.15) is 24.5 Å². The number of aromatic nitrogens is 5. The summed E-state index contributed by atoms with van der Waals surface area (Å²) in [5.41, 5.74) is 8.93. The minimum absolute atomic E-state index is 0.754. The molecular formula is C30H31N7. The number of hydrogen-bond acceptors (Lipinski definition) is 5. The van der Waals surface area contributed by atoms with Crippen molar-refractivity contribution in [2.75, 3.05) is 26.0 Å². The summed E-state index contributed by atoms with van der Waals surface area (Å²) in [7, 11) is 4.03. The van der Waals surface area contributed by atoms with Crippen molar-refractivity contribution in [1.29, 1.82) is 0 Å². The SMILES string of the molecule is C=C(CN(C)C)Nc1cncc(/C(C)=C/C=c2/[nH]nc(-c3cc4c(C5=CCC=C5)cncc4[nH]3)c2=C)c1. The highest BCUT2D eigenvalue weighted by molar-refractivity contribution is 5.97. The van der Waals surface area contributed by atoms with E-state index in [1.807, 2.05) is 44.8 Å². The second-order valence-electron chi connectivity index (χ2n) is 9.54. The van der Waals surface area contributed by atoms with Crippen LogP contribution in [-0.2, 0) is 0 Å². The quantitative estimate of drug-likeness (QED) is 0.340. The van der Waals surface area contributed by atoms with Crippen molar-refractivity contribution in [3.63, 3.8) is 0 Å². The van der Waals surface area contributed by atoms with Crippen LogP contribution in [0.4, 0.5) is 5.69 Å². The van der Waals surface area contributed by atoms with Crippen LogP contribution in [0, 0.1) is 0 Å². The lowest BCUT2D eigenvalue weighted by Gasteiger charge is -2.14. The number of aromatic amines is 2. The van der Waals surface area contributed by atoms with E-state index in [-0.39, 0.29) is 0 Å². The van der Waals surface area contributed by atoms with Gasteiger partial charge in [0.25, 0.3) is 0 Å². The van der Waals surface area contributed by atoms with Crippen molar-refractivity contribution in [3.05, 3.63) is 95.2 Å². The highest BCUT2D eigenvalue weighted by Gasteiger charge is 2.13. The number of hydrogen-bond donors (Lipinski definition) is 3. The lowest BCUT2D eigenvalue weighted by atomic mass is 10.1. The molecule has 0 saturated carbocycles. The fourth-order valence-corrected chi connectivity index (χ4v) is 4.46. The number of anilines is 1. The van der Waals surface area contributed by atoms with Crippen LogP contribution in [0.15, 0.2) is 73.5 Å². The van der Waals surface area contributed by atoms with Gasteiger partial charge in [-0.3, -0.25) is 15.1 Å². The van der Waals surface area contributed by atoms with Crippen LogP contribution in [-0.4, -0.2) is 50.7 Å². The first kappa shape index (κ1) is 24.2. The molecule has 4 aromatic heterocycles. The highest BCUT2D eigenvalue weighted by Crippen LogP contribution is 2.30. The Morgan fingerprint density at radius 2 is 2.00 bits per heavy atom. The Bertz CT molecular complexity index is 1680. The summed E-state index contributed by atoms with van der Waals surface area (Å²) < 4.78 is 0. The van der Waals surface area contributed by atoms with Crippen LogP contribution < -0.4 is 15.9 Å². The van der Waals surface area contributed by atoms with Crippen LogP contribution in [0.2, 0.25) is 0 Å². The number of fused-ring (bicyclic) bond motifs is 1. The summed E-state index contributed by atoms with van der Waals surface area (Å²) in [6.45, 7) is 11.2. The van der Waals surface area contributed by atoms with Crippen molar-refractivity contribution < 1.29 is 0 Å². The molecule has 1 aliphatic carbocycles. The van der Waals surface area contributed by atoms with Crippen molar-refractivity contribution >= 4 is 40.4 Å². The third-order valence-corrected chi connectivity index (χ3v) is 6.30. The van der Waals surface area contributed by atoms with Gasteiger partial charge in [-0.2, -0.15) is 5.10 Å². The van der Waals surface area contributed by atoms with Gasteiger partial charge in [0.15, 0.2) is 0 Å². The Kier molecular flexibility index (Phi) is 6.70. The minimum atomic E-state index is 0.754. The summed E-state index contributed by atoms with van der Waals surface area (Å²) in [5.74, 6) is 0. The smallest absolute Gasteiger partial charge is 0.116 e. The van der Waals surface area contributed by atoms with E-state index in [1.54, 1.807) is 6.20 Å². The number of pyridine rings is 2. The predicted molar refractivity (Wildman–Crippen MR) is 154 cm³/mol. The molecule has 0 unspecified atom stereocenters. The Balaban J connectivity index is 1.41. The summed E-state index contributed by atoms with van der Waals surface area (Å²) in [4.78, 5) is 14.3. The lowest BCUT2D eigenvalue weighted by Crippen LogP contribution is -2.21. The van der Waals surface area contributed by atoms with Gasteiger partial charge in [0.1, 0.15) is 5.69 Å². The first-order valence-electron chi connectivity index (χ1n) is 12.2. The molecule has 5 rings (SSSR count). The maximum Gasteiger partial charge on any atom is 0.116 e. The van der Waals surface area contributed by atoms with Gasteiger partial charge in [0.2, 0.25) is 0 Å². The van der Waals surface area contributed by atoms with Gasteiger partial charge >= 0.3 is 0 Å². The molecule has 4 aromatic rings. The Hall–Kier alpha value is -4.49. The van der Waals surface area contributed by atoms with Gasteiger partial charge in [-0.1, -0.05) is 37.5 Å². The molecule has 0 radical (unpaired) electrons. The zero-order valence-corrected chi connectivity index (χ0v) is 21.5. The van der Waals surface area contributed by atoms with Gasteiger partial charge in [-0.15, -0.1) is 0 Å². The fraction of sp³-hybridized carbons (Fsp3) is 0.167. The van der Waals surface area contributed by atoms with E-state index >= 15 is 0 Å². The summed E-state index contributed by atoms with van der Waals surface area (Å²) in [6.07, 6.45) is 19.0. The first-order valence-corrected chi connectivity index (χ1v) is 12.2. The zero-order chi connectivity index (χ0) is 25.9. The van der Waals surface area contributed by atoms with Crippen LogP contribution in [0.5, 0.6) is 0 Å². The van der Waals surface area contributed by atoms with Crippen LogP contribution in [0.3, 0.4) is 0 Å². The predicted octanol–water partition coefficient (Wildman–Crippen LogP) is 4.47. The number of nitrogens with one attached hydrogen (secondary N) is 3. The molecule has 0 fully saturated rings. The molecule has 4 heterocycles. The Morgan fingerprint density at radius 1 is 1.16 bits per heavy atom. The van der Waals surface area contributed by atoms with Gasteiger partial charge in [-0.25, -0.2) is 0 Å². The molecule has 0 aliphatic heterocycles. The van der Waals surface area contributed by atoms with Gasteiger partial charge in [-0.05, 0) is 62.4 Å². The molecule has 0 amide bonds. The van der Waals surface area contributed by atoms with E-state index in [0.29, 0.717) is 0 Å². The lowest BCUT2D eigenvalue weighted by molar-refractivity contribution is 0.447. The topological polar surface area (TPSA) is 85.5 Å². The van der Waals surface area contributed by atoms with Crippen molar-refractivity contribution in [1.82, 2.24) is 30.0 Å². The largest absolute Gasteiger partial charge is 0.357 e. The standard InChI is InChI=1S/C30H31N7/c1-19(23-12-24(15-31-14-23)33-20(2)18-37(4)5)10-11-27-21(3)30(36-35-27)28-13-25-26(22-8-6-7-9-22)16-32-17-29(25)34-28/h6,8-17,33-35H,2-3,7,18H2,1,4-5H3/b19-10+,27-11+. The van der Waals surface area contributed by atoms with E-state index in [1.165, 1.54) is 5.57 Å². The van der Waals surface area contributed by atoms with Gasteiger partial charge in [0.05, 0.1) is 34.6 Å². The van der Waals surface area contributed by atoms with Crippen molar-refractivity contribution in [3.8, 4) is 11.4 Å². The van der Waals surface area contributed by atoms with E-state index < -0.39 is 0 Å². The molecule has 0 atom stereocenters. The average molecular weight is 490 g/mol. The molecule has 0 saturated heterocycles. The molecule has 0 bridgehead atoms. The van der Waals surface area contributed by atoms with E-state index in [9.17, 15) is 0 Å².